The van der Waals surface area contributed by atoms with E-state index in [1.54, 1.807) is 11.1 Å². The van der Waals surface area contributed by atoms with Crippen molar-refractivity contribution < 1.29 is 0 Å². The van der Waals surface area contributed by atoms with Crippen LogP contribution in [0.25, 0.3) is 0 Å². The van der Waals surface area contributed by atoms with Crippen LogP contribution in [0.5, 0.6) is 0 Å². The zero-order chi connectivity index (χ0) is 15.9. The lowest BCUT2D eigenvalue weighted by molar-refractivity contribution is 0.608. The molecule has 2 rings (SSSR count). The van der Waals surface area contributed by atoms with Gasteiger partial charge < -0.3 is 0 Å². The first-order valence-corrected chi connectivity index (χ1v) is 10.2. The van der Waals surface area contributed by atoms with Crippen molar-refractivity contribution in [3.63, 3.8) is 0 Å². The van der Waals surface area contributed by atoms with E-state index in [0.29, 0.717) is 0 Å². The zero-order valence-electron chi connectivity index (χ0n) is 15.5. The molecule has 0 saturated heterocycles. The Bertz CT molecular complexity index is 276. The third-order valence-corrected chi connectivity index (χ3v) is 4.69. The van der Waals surface area contributed by atoms with E-state index in [9.17, 15) is 0 Å². The monoisotopic (exact) mass is 304 g/mol. The molecule has 128 valence electrons. The predicted molar refractivity (Wildman–Crippen MR) is 101 cm³/mol. The van der Waals surface area contributed by atoms with E-state index < -0.39 is 0 Å². The Labute approximate surface area is 140 Å². The second kappa shape index (κ2) is 14.1. The highest BCUT2D eigenvalue weighted by atomic mass is 14.1. The van der Waals surface area contributed by atoms with E-state index in [0.717, 1.165) is 0 Å². The number of allylic oxidation sites excluding steroid dienone is 4. The van der Waals surface area contributed by atoms with Crippen LogP contribution in [-0.2, 0) is 0 Å². The molecule has 0 heterocycles. The van der Waals surface area contributed by atoms with Crippen molar-refractivity contribution in [1.82, 2.24) is 0 Å². The summed E-state index contributed by atoms with van der Waals surface area (Å²) in [6.45, 7) is 4.55. The maximum Gasteiger partial charge on any atom is -0.0136 e. The molecule has 0 spiro atoms. The van der Waals surface area contributed by atoms with Crippen LogP contribution < -0.4 is 0 Å². The maximum atomic E-state index is 2.35. The first-order chi connectivity index (χ1) is 10.9. The van der Waals surface area contributed by atoms with Crippen molar-refractivity contribution in [2.24, 2.45) is 0 Å². The fourth-order valence-electron chi connectivity index (χ4n) is 2.82. The van der Waals surface area contributed by atoms with Gasteiger partial charge in [-0.1, -0.05) is 101 Å². The van der Waals surface area contributed by atoms with Gasteiger partial charge in [0.15, 0.2) is 0 Å². The van der Waals surface area contributed by atoms with Gasteiger partial charge in [0.25, 0.3) is 0 Å². The molecule has 22 heavy (non-hydrogen) atoms. The maximum absolute atomic E-state index is 2.35. The highest BCUT2D eigenvalue weighted by molar-refractivity contribution is 5.21. The van der Waals surface area contributed by atoms with Gasteiger partial charge in [0, 0.05) is 0 Å². The third kappa shape index (κ3) is 14.4. The summed E-state index contributed by atoms with van der Waals surface area (Å²) >= 11 is 0. The molecule has 2 aliphatic rings. The van der Waals surface area contributed by atoms with Crippen LogP contribution >= 0.6 is 0 Å². The molecule has 0 N–H and O–H groups in total. The number of hydrogen-bond acceptors (Lipinski definition) is 0. The molecule has 0 aliphatic heterocycles. The Morgan fingerprint density at radius 3 is 1.18 bits per heavy atom. The molecule has 0 aromatic rings. The van der Waals surface area contributed by atoms with E-state index >= 15 is 0 Å². The van der Waals surface area contributed by atoms with Gasteiger partial charge in [0.1, 0.15) is 0 Å². The lowest BCUT2D eigenvalue weighted by Crippen LogP contribution is -1.77. The molecule has 0 saturated carbocycles. The summed E-state index contributed by atoms with van der Waals surface area (Å²) in [6.07, 6.45) is 27.4. The minimum atomic E-state index is 1.33. The average Bonchev–Trinajstić information content (AvgIpc) is 3.41. The molecule has 0 unspecified atom stereocenters. The number of rotatable bonds is 14. The van der Waals surface area contributed by atoms with Crippen LogP contribution in [0.2, 0.25) is 0 Å². The Morgan fingerprint density at radius 2 is 0.864 bits per heavy atom. The van der Waals surface area contributed by atoms with Gasteiger partial charge in [0.05, 0.1) is 0 Å². The third-order valence-electron chi connectivity index (χ3n) is 4.69. The molecule has 0 amide bonds. The fourth-order valence-corrected chi connectivity index (χ4v) is 2.82. The second-order valence-electron chi connectivity index (χ2n) is 7.17. The summed E-state index contributed by atoms with van der Waals surface area (Å²) < 4.78 is 0. The molecule has 0 heteroatoms. The van der Waals surface area contributed by atoms with Crippen molar-refractivity contribution in [3.8, 4) is 0 Å². The summed E-state index contributed by atoms with van der Waals surface area (Å²) in [6, 6.07) is 0. The summed E-state index contributed by atoms with van der Waals surface area (Å²) in [5.41, 5.74) is 3.42. The topological polar surface area (TPSA) is 0 Å². The summed E-state index contributed by atoms with van der Waals surface area (Å²) in [5, 5.41) is 0. The van der Waals surface area contributed by atoms with Gasteiger partial charge >= 0.3 is 0 Å². The van der Waals surface area contributed by atoms with E-state index in [4.69, 9.17) is 0 Å². The van der Waals surface area contributed by atoms with Gasteiger partial charge in [0.2, 0.25) is 0 Å². The molecular formula is C22H40. The first kappa shape index (κ1) is 19.5. The minimum Gasteiger partial charge on any atom is -0.0810 e. The highest BCUT2D eigenvalue weighted by Gasteiger charge is 2.05. The summed E-state index contributed by atoms with van der Waals surface area (Å²) in [4.78, 5) is 0. The molecule has 0 radical (unpaired) electrons. The van der Waals surface area contributed by atoms with Crippen LogP contribution in [-0.4, -0.2) is 0 Å². The number of unbranched alkanes of at least 4 members (excludes halogenated alkanes) is 10. The van der Waals surface area contributed by atoms with E-state index in [2.05, 4.69) is 26.0 Å². The quantitative estimate of drug-likeness (QED) is 0.224. The van der Waals surface area contributed by atoms with Crippen LogP contribution in [0.1, 0.15) is 117 Å². The molecule has 0 nitrogen and oxygen atoms in total. The average molecular weight is 305 g/mol. The predicted octanol–water partition coefficient (Wildman–Crippen LogP) is 8.13. The molecule has 0 atom stereocenters. The van der Waals surface area contributed by atoms with Crippen LogP contribution in [0.3, 0.4) is 0 Å². The van der Waals surface area contributed by atoms with Gasteiger partial charge in [-0.05, 0) is 38.5 Å². The van der Waals surface area contributed by atoms with E-state index in [1.807, 2.05) is 0 Å². The minimum absolute atomic E-state index is 1.33. The van der Waals surface area contributed by atoms with Crippen molar-refractivity contribution in [1.29, 1.82) is 0 Å². The van der Waals surface area contributed by atoms with Crippen molar-refractivity contribution in [2.75, 3.05) is 0 Å². The normalized spacial score (nSPS) is 14.8. The Balaban J connectivity index is 0.000000220. The van der Waals surface area contributed by atoms with E-state index in [-0.39, 0.29) is 0 Å². The lowest BCUT2D eigenvalue weighted by atomic mass is 10.1. The van der Waals surface area contributed by atoms with Gasteiger partial charge in [-0.25, -0.2) is 0 Å². The zero-order valence-corrected chi connectivity index (χ0v) is 15.5. The Kier molecular flexibility index (Phi) is 12.5. The molecule has 0 fully saturated rings. The van der Waals surface area contributed by atoms with Crippen molar-refractivity contribution in [3.05, 3.63) is 23.3 Å². The summed E-state index contributed by atoms with van der Waals surface area (Å²) in [5.74, 6) is 0. The van der Waals surface area contributed by atoms with Crippen LogP contribution in [0.15, 0.2) is 23.3 Å². The lowest BCUT2D eigenvalue weighted by Gasteiger charge is -1.97. The highest BCUT2D eigenvalue weighted by Crippen LogP contribution is 2.25. The van der Waals surface area contributed by atoms with Gasteiger partial charge in [-0.15, -0.1) is 0 Å². The molecule has 2 aliphatic carbocycles. The Morgan fingerprint density at radius 1 is 0.545 bits per heavy atom. The summed E-state index contributed by atoms with van der Waals surface area (Å²) in [7, 11) is 0. The van der Waals surface area contributed by atoms with Crippen LogP contribution in [0, 0.1) is 0 Å². The molecule has 0 bridgehead atoms. The van der Waals surface area contributed by atoms with Gasteiger partial charge in [-0.3, -0.25) is 0 Å². The molecule has 0 aromatic carbocycles. The second-order valence-corrected chi connectivity index (χ2v) is 7.17. The van der Waals surface area contributed by atoms with Crippen LogP contribution in [0.4, 0.5) is 0 Å². The fraction of sp³-hybridized carbons (Fsp3) is 0.818. The number of hydrogen-bond donors (Lipinski definition) is 0. The standard InChI is InChI=1S/2C11H20/c2*1-2-3-4-5-6-7-8-11-9-10-11/h2*9H,2-8,10H2,1H3. The van der Waals surface area contributed by atoms with Gasteiger partial charge in [-0.2, -0.15) is 0 Å². The molecular weight excluding hydrogens is 264 g/mol. The first-order valence-electron chi connectivity index (χ1n) is 10.2. The molecule has 0 aromatic heterocycles. The van der Waals surface area contributed by atoms with E-state index in [1.165, 1.54) is 103 Å². The van der Waals surface area contributed by atoms with Crippen molar-refractivity contribution in [2.45, 2.75) is 117 Å². The SMILES string of the molecule is CCCCCCCCC1=CC1.CCCCCCCCC1=CC1. The largest absolute Gasteiger partial charge is 0.0810 e. The Hall–Kier alpha value is -0.520. The smallest absolute Gasteiger partial charge is 0.0136 e. The van der Waals surface area contributed by atoms with Crippen molar-refractivity contribution >= 4 is 0 Å².